The van der Waals surface area contributed by atoms with Crippen LogP contribution in [-0.2, 0) is 22.2 Å². The van der Waals surface area contributed by atoms with Crippen LogP contribution in [0.2, 0.25) is 0 Å². The van der Waals surface area contributed by atoms with Crippen molar-refractivity contribution in [2.45, 2.75) is 18.9 Å². The highest BCUT2D eigenvalue weighted by atomic mass is 16.5. The Morgan fingerprint density at radius 1 is 1.30 bits per heavy atom. The van der Waals surface area contributed by atoms with Gasteiger partial charge in [0.1, 0.15) is 24.1 Å². The minimum atomic E-state index is -0.864. The molecule has 3 aromatic rings. The van der Waals surface area contributed by atoms with E-state index in [0.717, 1.165) is 16.8 Å². The van der Waals surface area contributed by atoms with E-state index >= 15 is 0 Å². The van der Waals surface area contributed by atoms with E-state index < -0.39 is 5.60 Å². The standard InChI is InChI=1S/C21H19N3O3/c1-3-21(19-5-4-10-26-19)16-11-14(18-9-7-15(12-22)24(18)2)6-8-17(16)23-20(25)13-27-21/h4-11H,3,13H2,1-2H3,(H,23,25). The zero-order valence-corrected chi connectivity index (χ0v) is 15.2. The summed E-state index contributed by atoms with van der Waals surface area (Å²) in [6, 6.07) is 15.4. The second kappa shape index (κ2) is 6.45. The SMILES string of the molecule is CCC1(c2ccco2)OCC(=O)Nc2ccc(-c3ccc(C#N)n3C)cc21. The quantitative estimate of drug-likeness (QED) is 0.770. The molecule has 0 radical (unpaired) electrons. The Balaban J connectivity index is 1.94. The zero-order chi connectivity index (χ0) is 19.0. The van der Waals surface area contributed by atoms with E-state index in [2.05, 4.69) is 11.4 Å². The molecule has 3 heterocycles. The molecule has 4 rings (SSSR count). The second-order valence-electron chi connectivity index (χ2n) is 6.53. The van der Waals surface area contributed by atoms with Gasteiger partial charge in [0.2, 0.25) is 5.91 Å². The van der Waals surface area contributed by atoms with Gasteiger partial charge in [-0.25, -0.2) is 0 Å². The van der Waals surface area contributed by atoms with Gasteiger partial charge in [-0.2, -0.15) is 5.26 Å². The van der Waals surface area contributed by atoms with Crippen LogP contribution in [0.25, 0.3) is 11.3 Å². The summed E-state index contributed by atoms with van der Waals surface area (Å²) in [5, 5.41) is 12.2. The van der Waals surface area contributed by atoms with Crippen LogP contribution in [0, 0.1) is 11.3 Å². The van der Waals surface area contributed by atoms with Gasteiger partial charge in [0.25, 0.3) is 0 Å². The van der Waals surface area contributed by atoms with Gasteiger partial charge in [-0.3, -0.25) is 4.79 Å². The van der Waals surface area contributed by atoms with E-state index in [9.17, 15) is 10.1 Å². The van der Waals surface area contributed by atoms with E-state index in [4.69, 9.17) is 9.15 Å². The number of benzene rings is 1. The van der Waals surface area contributed by atoms with Crippen molar-refractivity contribution in [3.05, 3.63) is 65.7 Å². The molecule has 0 spiro atoms. The Morgan fingerprint density at radius 3 is 2.81 bits per heavy atom. The molecule has 6 heteroatoms. The number of fused-ring (bicyclic) bond motifs is 1. The van der Waals surface area contributed by atoms with Crippen LogP contribution in [0.3, 0.4) is 0 Å². The molecule has 1 aliphatic heterocycles. The molecule has 27 heavy (non-hydrogen) atoms. The monoisotopic (exact) mass is 361 g/mol. The highest BCUT2D eigenvalue weighted by Crippen LogP contribution is 2.44. The molecular weight excluding hydrogens is 342 g/mol. The fourth-order valence-electron chi connectivity index (χ4n) is 3.69. The topological polar surface area (TPSA) is 80.2 Å². The van der Waals surface area contributed by atoms with E-state index in [1.807, 2.05) is 54.9 Å². The van der Waals surface area contributed by atoms with Crippen molar-refractivity contribution in [1.82, 2.24) is 4.57 Å². The second-order valence-corrected chi connectivity index (χ2v) is 6.53. The lowest BCUT2D eigenvalue weighted by Gasteiger charge is -2.31. The maximum absolute atomic E-state index is 12.2. The average molecular weight is 361 g/mol. The van der Waals surface area contributed by atoms with Crippen molar-refractivity contribution in [1.29, 1.82) is 5.26 Å². The molecule has 0 aliphatic carbocycles. The maximum atomic E-state index is 12.2. The van der Waals surface area contributed by atoms with E-state index in [-0.39, 0.29) is 12.5 Å². The third-order valence-electron chi connectivity index (χ3n) is 5.13. The molecule has 1 unspecified atom stereocenters. The number of nitrogens with one attached hydrogen (secondary N) is 1. The van der Waals surface area contributed by atoms with Crippen molar-refractivity contribution in [2.24, 2.45) is 7.05 Å². The molecule has 0 saturated carbocycles. The lowest BCUT2D eigenvalue weighted by atomic mass is 9.85. The van der Waals surface area contributed by atoms with Gasteiger partial charge >= 0.3 is 0 Å². The van der Waals surface area contributed by atoms with E-state index in [1.54, 1.807) is 12.3 Å². The van der Waals surface area contributed by atoms with Crippen LogP contribution < -0.4 is 5.32 Å². The first-order valence-corrected chi connectivity index (χ1v) is 8.77. The van der Waals surface area contributed by atoms with Gasteiger partial charge in [-0.1, -0.05) is 13.0 Å². The van der Waals surface area contributed by atoms with Crippen LogP contribution in [0.15, 0.2) is 53.1 Å². The third-order valence-corrected chi connectivity index (χ3v) is 5.13. The van der Waals surface area contributed by atoms with Gasteiger partial charge in [0.05, 0.1) is 6.26 Å². The van der Waals surface area contributed by atoms with E-state index in [1.165, 1.54) is 0 Å². The number of hydrogen-bond acceptors (Lipinski definition) is 4. The van der Waals surface area contributed by atoms with Gasteiger partial charge in [-0.05, 0) is 48.4 Å². The first kappa shape index (κ1) is 17.1. The van der Waals surface area contributed by atoms with Crippen LogP contribution in [-0.4, -0.2) is 17.1 Å². The summed E-state index contributed by atoms with van der Waals surface area (Å²) in [5.74, 6) is 0.459. The summed E-state index contributed by atoms with van der Waals surface area (Å²) in [6.07, 6.45) is 2.21. The highest BCUT2D eigenvalue weighted by molar-refractivity contribution is 5.94. The lowest BCUT2D eigenvalue weighted by Crippen LogP contribution is -2.30. The number of rotatable bonds is 3. The lowest BCUT2D eigenvalue weighted by molar-refractivity contribution is -0.126. The normalized spacial score (nSPS) is 19.1. The minimum Gasteiger partial charge on any atom is -0.466 e. The molecule has 1 atom stereocenters. The van der Waals surface area contributed by atoms with Crippen molar-refractivity contribution < 1.29 is 13.9 Å². The Morgan fingerprint density at radius 2 is 2.15 bits per heavy atom. The number of nitriles is 1. The molecule has 1 amide bonds. The summed E-state index contributed by atoms with van der Waals surface area (Å²) in [5.41, 5.74) is 3.10. The molecule has 2 aromatic heterocycles. The van der Waals surface area contributed by atoms with Crippen LogP contribution >= 0.6 is 0 Å². The van der Waals surface area contributed by atoms with E-state index in [0.29, 0.717) is 23.6 Å². The first-order valence-electron chi connectivity index (χ1n) is 8.77. The minimum absolute atomic E-state index is 0.0543. The number of furan rings is 1. The van der Waals surface area contributed by atoms with Gasteiger partial charge in [0.15, 0.2) is 5.60 Å². The number of amides is 1. The predicted molar refractivity (Wildman–Crippen MR) is 99.9 cm³/mol. The smallest absolute Gasteiger partial charge is 0.250 e. The summed E-state index contributed by atoms with van der Waals surface area (Å²) in [6.45, 7) is 1.95. The summed E-state index contributed by atoms with van der Waals surface area (Å²) in [4.78, 5) is 12.2. The van der Waals surface area contributed by atoms with Crippen molar-refractivity contribution in [3.8, 4) is 17.3 Å². The van der Waals surface area contributed by atoms with Crippen LogP contribution in [0.1, 0.15) is 30.4 Å². The Labute approximate surface area is 157 Å². The van der Waals surface area contributed by atoms with Gasteiger partial charge in [0, 0.05) is 24.0 Å². The average Bonchev–Trinajstić information content (AvgIpc) is 3.31. The molecule has 0 saturated heterocycles. The molecule has 0 bridgehead atoms. The summed E-state index contributed by atoms with van der Waals surface area (Å²) >= 11 is 0. The number of nitrogens with zero attached hydrogens (tertiary/aromatic N) is 2. The number of carbonyl (C=O) groups is 1. The zero-order valence-electron chi connectivity index (χ0n) is 15.2. The third kappa shape index (κ3) is 2.64. The summed E-state index contributed by atoms with van der Waals surface area (Å²) < 4.78 is 13.6. The first-order chi connectivity index (χ1) is 13.1. The molecule has 1 N–H and O–H groups in total. The Bertz CT molecular complexity index is 1040. The largest absolute Gasteiger partial charge is 0.466 e. The molecule has 136 valence electrons. The number of aromatic nitrogens is 1. The molecule has 6 nitrogen and oxygen atoms in total. The highest BCUT2D eigenvalue weighted by Gasteiger charge is 2.41. The van der Waals surface area contributed by atoms with Crippen LogP contribution in [0.4, 0.5) is 5.69 Å². The molecule has 1 aliphatic rings. The number of carbonyl (C=O) groups excluding carboxylic acids is 1. The van der Waals surface area contributed by atoms with Crippen molar-refractivity contribution in [2.75, 3.05) is 11.9 Å². The molecular formula is C21H19N3O3. The predicted octanol–water partition coefficient (Wildman–Crippen LogP) is 3.78. The van der Waals surface area contributed by atoms with Gasteiger partial charge in [-0.15, -0.1) is 0 Å². The van der Waals surface area contributed by atoms with Crippen molar-refractivity contribution in [3.63, 3.8) is 0 Å². The fourth-order valence-corrected chi connectivity index (χ4v) is 3.69. The summed E-state index contributed by atoms with van der Waals surface area (Å²) in [7, 11) is 1.86. The van der Waals surface area contributed by atoms with Crippen molar-refractivity contribution >= 4 is 11.6 Å². The number of anilines is 1. The van der Waals surface area contributed by atoms with Crippen LogP contribution in [0.5, 0.6) is 0 Å². The van der Waals surface area contributed by atoms with Gasteiger partial charge < -0.3 is 19.0 Å². The number of hydrogen-bond donors (Lipinski definition) is 1. The molecule has 0 fully saturated rings. The fraction of sp³-hybridized carbons (Fsp3) is 0.238. The maximum Gasteiger partial charge on any atom is 0.250 e. The Kier molecular flexibility index (Phi) is 4.09. The molecule has 1 aromatic carbocycles. The Hall–Kier alpha value is -3.30. The number of ether oxygens (including phenoxy) is 1.